The third-order valence-electron chi connectivity index (χ3n) is 14.0. The van der Waals surface area contributed by atoms with Crippen LogP contribution in [0.1, 0.15) is 23.6 Å². The zero-order chi connectivity index (χ0) is 44.7. The molecule has 0 spiro atoms. The van der Waals surface area contributed by atoms with Gasteiger partial charge in [-0.15, -0.1) is 0 Å². The molecule has 0 amide bonds. The van der Waals surface area contributed by atoms with Crippen LogP contribution in [0.25, 0.3) is 77.5 Å². The molecular weight excluding hydrogens is 807 g/mol. The van der Waals surface area contributed by atoms with E-state index in [1.807, 2.05) is 0 Å². The second-order valence-electron chi connectivity index (χ2n) is 17.8. The third-order valence-corrected chi connectivity index (χ3v) is 14.0. The Hall–Kier alpha value is -8.52. The molecule has 0 N–H and O–H groups in total. The summed E-state index contributed by atoms with van der Waals surface area (Å²) >= 11 is 0. The van der Waals surface area contributed by atoms with Crippen LogP contribution >= 0.6 is 0 Å². The van der Waals surface area contributed by atoms with Gasteiger partial charge in [0, 0.05) is 22.5 Å². The molecule has 1 heteroatoms. The summed E-state index contributed by atoms with van der Waals surface area (Å²) in [6.45, 7) is 2.39. The molecule has 1 nitrogen and oxygen atoms in total. The Morgan fingerprint density at radius 1 is 0.269 bits per heavy atom. The van der Waals surface area contributed by atoms with Gasteiger partial charge in [-0.05, 0) is 144 Å². The van der Waals surface area contributed by atoms with Crippen LogP contribution in [-0.2, 0) is 5.41 Å². The zero-order valence-corrected chi connectivity index (χ0v) is 37.4. The molecule has 316 valence electrons. The van der Waals surface area contributed by atoms with Crippen molar-refractivity contribution in [2.45, 2.75) is 12.3 Å². The fourth-order valence-corrected chi connectivity index (χ4v) is 10.5. The molecule has 0 aromatic heterocycles. The molecule has 0 radical (unpaired) electrons. The van der Waals surface area contributed by atoms with Gasteiger partial charge in [-0.2, -0.15) is 0 Å². The van der Waals surface area contributed by atoms with E-state index in [0.717, 1.165) is 22.6 Å². The third kappa shape index (κ3) is 7.23. The van der Waals surface area contributed by atoms with Crippen molar-refractivity contribution in [2.24, 2.45) is 0 Å². The smallest absolute Gasteiger partial charge is 0.0467 e. The summed E-state index contributed by atoms with van der Waals surface area (Å²) in [5.41, 5.74) is 21.6. The molecule has 67 heavy (non-hydrogen) atoms. The summed E-state index contributed by atoms with van der Waals surface area (Å²) in [6, 6.07) is 97.7. The molecule has 0 heterocycles. The Morgan fingerprint density at radius 2 is 0.701 bits per heavy atom. The van der Waals surface area contributed by atoms with Gasteiger partial charge in [-0.25, -0.2) is 0 Å². The lowest BCUT2D eigenvalue weighted by molar-refractivity contribution is 0.714. The van der Waals surface area contributed by atoms with Gasteiger partial charge in [-0.3, -0.25) is 0 Å². The Balaban J connectivity index is 0.935. The second kappa shape index (κ2) is 16.8. The number of nitrogens with zero attached hydrogens (tertiary/aromatic N) is 1. The van der Waals surface area contributed by atoms with Crippen LogP contribution < -0.4 is 4.90 Å². The molecule has 11 aromatic rings. The van der Waals surface area contributed by atoms with Gasteiger partial charge in [0.1, 0.15) is 0 Å². The Labute approximate surface area is 393 Å². The SMILES string of the molecule is CC1(c2ccccc2)c2ccccc2-c2c(-c3ccc(N(c4cccc(-c5ccc(-c6ccccc6)cc5)c4)c4cccc(-c5ccc(-c6ccc7ccccc7c6)cc5)c4)cc3)cccc21. The number of benzene rings is 11. The number of hydrogen-bond donors (Lipinski definition) is 0. The van der Waals surface area contributed by atoms with Crippen LogP contribution in [0.15, 0.2) is 267 Å². The summed E-state index contributed by atoms with van der Waals surface area (Å²) in [4.78, 5) is 2.40. The van der Waals surface area contributed by atoms with Gasteiger partial charge in [-0.1, -0.05) is 224 Å². The molecule has 0 saturated heterocycles. The van der Waals surface area contributed by atoms with E-state index in [2.05, 4.69) is 279 Å². The van der Waals surface area contributed by atoms with Crippen molar-refractivity contribution in [3.8, 4) is 66.8 Å². The zero-order valence-electron chi connectivity index (χ0n) is 37.4. The highest BCUT2D eigenvalue weighted by atomic mass is 15.1. The summed E-state index contributed by atoms with van der Waals surface area (Å²) in [5, 5.41) is 2.51. The predicted molar refractivity (Wildman–Crippen MR) is 283 cm³/mol. The van der Waals surface area contributed by atoms with Crippen LogP contribution in [0.4, 0.5) is 17.1 Å². The van der Waals surface area contributed by atoms with Crippen LogP contribution in [0.2, 0.25) is 0 Å². The first kappa shape index (κ1) is 40.0. The van der Waals surface area contributed by atoms with Crippen molar-refractivity contribution in [3.05, 3.63) is 284 Å². The first-order valence-corrected chi connectivity index (χ1v) is 23.2. The average Bonchev–Trinajstić information content (AvgIpc) is 3.68. The minimum absolute atomic E-state index is 0.255. The molecule has 11 aromatic carbocycles. The molecule has 1 aliphatic carbocycles. The Morgan fingerprint density at radius 3 is 1.34 bits per heavy atom. The average molecular weight is 854 g/mol. The van der Waals surface area contributed by atoms with E-state index >= 15 is 0 Å². The molecular formula is C66H47N. The molecule has 0 bridgehead atoms. The first-order chi connectivity index (χ1) is 33.1. The van der Waals surface area contributed by atoms with Gasteiger partial charge < -0.3 is 4.90 Å². The largest absolute Gasteiger partial charge is 0.310 e. The normalized spacial score (nSPS) is 13.8. The Kier molecular flexibility index (Phi) is 10.0. The van der Waals surface area contributed by atoms with Crippen LogP contribution in [0.3, 0.4) is 0 Å². The lowest BCUT2D eigenvalue weighted by atomic mass is 9.74. The lowest BCUT2D eigenvalue weighted by Gasteiger charge is -2.28. The molecule has 12 rings (SSSR count). The van der Waals surface area contributed by atoms with Crippen molar-refractivity contribution in [3.63, 3.8) is 0 Å². The van der Waals surface area contributed by atoms with E-state index in [1.54, 1.807) is 0 Å². The van der Waals surface area contributed by atoms with Gasteiger partial charge in [0.15, 0.2) is 0 Å². The molecule has 1 atom stereocenters. The van der Waals surface area contributed by atoms with Crippen LogP contribution in [0, 0.1) is 0 Å². The Bertz CT molecular complexity index is 3550. The van der Waals surface area contributed by atoms with E-state index in [4.69, 9.17) is 0 Å². The topological polar surface area (TPSA) is 3.24 Å². The molecule has 0 saturated carbocycles. The number of fused-ring (bicyclic) bond motifs is 4. The van der Waals surface area contributed by atoms with Crippen molar-refractivity contribution in [1.29, 1.82) is 0 Å². The number of rotatable bonds is 9. The summed E-state index contributed by atoms with van der Waals surface area (Å²) in [5.74, 6) is 0. The van der Waals surface area contributed by atoms with Gasteiger partial charge in [0.25, 0.3) is 0 Å². The van der Waals surface area contributed by atoms with E-state index in [1.165, 1.54) is 88.7 Å². The maximum Gasteiger partial charge on any atom is 0.0467 e. The summed E-state index contributed by atoms with van der Waals surface area (Å²) in [7, 11) is 0. The van der Waals surface area contributed by atoms with Gasteiger partial charge in [0.05, 0.1) is 0 Å². The minimum Gasteiger partial charge on any atom is -0.310 e. The predicted octanol–water partition coefficient (Wildman–Crippen LogP) is 18.0. The maximum atomic E-state index is 2.40. The quantitative estimate of drug-likeness (QED) is 0.140. The van der Waals surface area contributed by atoms with Crippen LogP contribution in [-0.4, -0.2) is 0 Å². The van der Waals surface area contributed by atoms with Crippen molar-refractivity contribution < 1.29 is 0 Å². The van der Waals surface area contributed by atoms with Gasteiger partial charge in [0.2, 0.25) is 0 Å². The molecule has 1 aliphatic rings. The van der Waals surface area contributed by atoms with Gasteiger partial charge >= 0.3 is 0 Å². The summed E-state index contributed by atoms with van der Waals surface area (Å²) in [6.07, 6.45) is 0. The fraction of sp³-hybridized carbons (Fsp3) is 0.0303. The molecule has 0 aliphatic heterocycles. The minimum atomic E-state index is -0.255. The summed E-state index contributed by atoms with van der Waals surface area (Å²) < 4.78 is 0. The highest BCUT2D eigenvalue weighted by Crippen LogP contribution is 2.55. The van der Waals surface area contributed by atoms with Crippen molar-refractivity contribution >= 4 is 27.8 Å². The monoisotopic (exact) mass is 853 g/mol. The van der Waals surface area contributed by atoms with Crippen molar-refractivity contribution in [1.82, 2.24) is 0 Å². The highest BCUT2D eigenvalue weighted by molar-refractivity contribution is 5.95. The first-order valence-electron chi connectivity index (χ1n) is 23.2. The fourth-order valence-electron chi connectivity index (χ4n) is 10.5. The van der Waals surface area contributed by atoms with E-state index in [-0.39, 0.29) is 5.41 Å². The molecule has 1 unspecified atom stereocenters. The van der Waals surface area contributed by atoms with E-state index in [9.17, 15) is 0 Å². The standard InChI is InChI=1S/C66H47N/c1-66(57-21-6-3-7-22-57)63-27-11-10-25-62(63)65-61(26-14-28-64(65)66)52-39-41-58(42-40-52)67(59-23-12-19-54(44-59)49-31-29-48(30-32-49)46-15-4-2-5-16-46)60-24-13-20-55(45-60)50-33-35-51(36-34-50)56-38-37-47-17-8-9-18-53(47)43-56/h2-45H,1H3. The van der Waals surface area contributed by atoms with Crippen molar-refractivity contribution in [2.75, 3.05) is 4.90 Å². The van der Waals surface area contributed by atoms with E-state index in [0.29, 0.717) is 0 Å². The maximum absolute atomic E-state index is 2.40. The lowest BCUT2D eigenvalue weighted by Crippen LogP contribution is -2.22. The van der Waals surface area contributed by atoms with E-state index < -0.39 is 0 Å². The second-order valence-corrected chi connectivity index (χ2v) is 17.8. The van der Waals surface area contributed by atoms with Crippen LogP contribution in [0.5, 0.6) is 0 Å². The molecule has 0 fully saturated rings. The number of anilines is 3. The number of hydrogen-bond acceptors (Lipinski definition) is 1. The highest BCUT2D eigenvalue weighted by Gasteiger charge is 2.41.